The lowest BCUT2D eigenvalue weighted by Gasteiger charge is -2.23. The third-order valence-corrected chi connectivity index (χ3v) is 5.38. The summed E-state index contributed by atoms with van der Waals surface area (Å²) in [6.07, 6.45) is 5.01. The van der Waals surface area contributed by atoms with Crippen LogP contribution in [0.5, 0.6) is 0 Å². The highest BCUT2D eigenvalue weighted by Gasteiger charge is 2.13. The largest absolute Gasteiger partial charge is 0.478 e. The van der Waals surface area contributed by atoms with E-state index in [4.69, 9.17) is 14.7 Å². The average molecular weight is 421 g/mol. The first-order chi connectivity index (χ1) is 13.8. The number of unbranched alkanes of at least 4 members (excludes halogenated alkanes) is 2. The highest BCUT2D eigenvalue weighted by molar-refractivity contribution is 7.89. The van der Waals surface area contributed by atoms with E-state index in [0.717, 1.165) is 30.3 Å². The van der Waals surface area contributed by atoms with E-state index in [0.29, 0.717) is 0 Å². The van der Waals surface area contributed by atoms with Gasteiger partial charge in [0.25, 0.3) is 0 Å². The third kappa shape index (κ3) is 6.47. The number of sulfonamides is 1. The smallest absolute Gasteiger partial charge is 0.335 e. The van der Waals surface area contributed by atoms with Gasteiger partial charge in [0.1, 0.15) is 5.58 Å². The Kier molecular flexibility index (Phi) is 8.04. The minimum absolute atomic E-state index is 0.105. The first kappa shape index (κ1) is 22.7. The van der Waals surface area contributed by atoms with Crippen molar-refractivity contribution in [2.24, 2.45) is 5.14 Å². The maximum Gasteiger partial charge on any atom is 0.335 e. The molecule has 3 aromatic rings. The number of primary sulfonamides is 1. The van der Waals surface area contributed by atoms with Gasteiger partial charge in [0.05, 0.1) is 16.1 Å². The predicted octanol–water partition coefficient (Wildman–Crippen LogP) is 4.31. The number of fused-ring (bicyclic) bond motifs is 2. The molecule has 0 fully saturated rings. The molecule has 0 radical (unpaired) electrons. The number of hydrogen-bond donors (Lipinski definition) is 2. The molecule has 0 aliphatic rings. The van der Waals surface area contributed by atoms with Gasteiger partial charge in [-0.05, 0) is 43.2 Å². The van der Waals surface area contributed by atoms with E-state index >= 15 is 0 Å². The first-order valence-corrected chi connectivity index (χ1v) is 11.2. The quantitative estimate of drug-likeness (QED) is 0.533. The molecule has 29 heavy (non-hydrogen) atoms. The van der Waals surface area contributed by atoms with Gasteiger partial charge in [-0.15, -0.1) is 0 Å². The van der Waals surface area contributed by atoms with Crippen LogP contribution >= 0.6 is 0 Å². The molecular formula is C21H28N2O5S. The predicted molar refractivity (Wildman–Crippen MR) is 114 cm³/mol. The van der Waals surface area contributed by atoms with Gasteiger partial charge in [-0.2, -0.15) is 0 Å². The molecule has 8 heteroatoms. The Bertz CT molecular complexity index is 1000. The first-order valence-electron chi connectivity index (χ1n) is 9.69. The Balaban J connectivity index is 0.000000212. The Labute approximate surface area is 171 Å². The summed E-state index contributed by atoms with van der Waals surface area (Å²) in [4.78, 5) is 12.7. The summed E-state index contributed by atoms with van der Waals surface area (Å²) in [5, 5.41) is 13.3. The molecule has 2 aromatic heterocycles. The monoisotopic (exact) mass is 420 g/mol. The van der Waals surface area contributed by atoms with Gasteiger partial charge in [-0.25, -0.2) is 18.4 Å². The standard InChI is InChI=1S/C14H21NO.C7H7NO4S/c1-3-5-9-15(10-6-4-2)13-11-12-7-8-14(13)16-12;8-13(11,12)6-3-1-2-5(4-6)7(9)10/h7-8,11H,3-6,9-10H2,1-2H3;1-4H,(H,9,10)(H2,8,11,12). The van der Waals surface area contributed by atoms with Crippen molar-refractivity contribution in [2.75, 3.05) is 18.0 Å². The van der Waals surface area contributed by atoms with Crippen LogP contribution in [0, 0.1) is 0 Å². The van der Waals surface area contributed by atoms with E-state index in [1.54, 1.807) is 0 Å². The van der Waals surface area contributed by atoms with Gasteiger partial charge < -0.3 is 14.4 Å². The molecule has 0 aliphatic heterocycles. The van der Waals surface area contributed by atoms with Crippen molar-refractivity contribution in [3.63, 3.8) is 0 Å². The topological polar surface area (TPSA) is 114 Å². The minimum atomic E-state index is -3.82. The van der Waals surface area contributed by atoms with Crippen LogP contribution in [0.4, 0.5) is 5.69 Å². The maximum absolute atomic E-state index is 10.8. The van der Waals surface area contributed by atoms with Crippen LogP contribution < -0.4 is 10.0 Å². The summed E-state index contributed by atoms with van der Waals surface area (Å²) in [6, 6.07) is 11.1. The van der Waals surface area contributed by atoms with Gasteiger partial charge in [-0.1, -0.05) is 32.8 Å². The second kappa shape index (κ2) is 10.3. The number of carbonyl (C=O) groups is 1. The molecule has 0 amide bonds. The fraction of sp³-hybridized carbons (Fsp3) is 0.381. The maximum atomic E-state index is 10.8. The Morgan fingerprint density at radius 2 is 1.72 bits per heavy atom. The zero-order chi connectivity index (χ0) is 21.4. The summed E-state index contributed by atoms with van der Waals surface area (Å²) in [6.45, 7) is 6.78. The Morgan fingerprint density at radius 3 is 2.17 bits per heavy atom. The number of anilines is 1. The van der Waals surface area contributed by atoms with Crippen LogP contribution in [0.2, 0.25) is 0 Å². The summed E-state index contributed by atoms with van der Waals surface area (Å²) in [5.41, 5.74) is 3.23. The van der Waals surface area contributed by atoms with Crippen LogP contribution in [0.1, 0.15) is 49.9 Å². The Hall–Kier alpha value is -2.58. The molecule has 0 unspecified atom stereocenters. The second-order valence-corrected chi connectivity index (χ2v) is 8.37. The van der Waals surface area contributed by atoms with E-state index < -0.39 is 16.0 Å². The molecule has 0 aliphatic carbocycles. The van der Waals surface area contributed by atoms with Gasteiger partial charge in [0.2, 0.25) is 10.0 Å². The van der Waals surface area contributed by atoms with Crippen molar-refractivity contribution in [3.8, 4) is 0 Å². The van der Waals surface area contributed by atoms with E-state index in [1.165, 1.54) is 49.6 Å². The number of carboxylic acids is 1. The van der Waals surface area contributed by atoms with Crippen LogP contribution in [-0.4, -0.2) is 32.6 Å². The summed E-state index contributed by atoms with van der Waals surface area (Å²) < 4.78 is 27.2. The number of furan rings is 2. The lowest BCUT2D eigenvalue weighted by atomic mass is 10.2. The molecule has 2 heterocycles. The summed E-state index contributed by atoms with van der Waals surface area (Å²) in [7, 11) is -3.82. The molecule has 0 spiro atoms. The van der Waals surface area contributed by atoms with Crippen molar-refractivity contribution in [3.05, 3.63) is 48.0 Å². The van der Waals surface area contributed by atoms with Crippen LogP contribution in [0.3, 0.4) is 0 Å². The normalized spacial score (nSPS) is 11.3. The fourth-order valence-electron chi connectivity index (χ4n) is 2.88. The molecule has 1 aromatic carbocycles. The van der Waals surface area contributed by atoms with E-state index in [1.807, 2.05) is 6.07 Å². The molecule has 3 N–H and O–H groups in total. The van der Waals surface area contributed by atoms with Gasteiger partial charge in [-0.3, -0.25) is 0 Å². The minimum Gasteiger partial charge on any atom is -0.478 e. The molecule has 7 nitrogen and oxygen atoms in total. The van der Waals surface area contributed by atoms with Crippen LogP contribution in [0.25, 0.3) is 11.2 Å². The molecule has 0 atom stereocenters. The average Bonchev–Trinajstić information content (AvgIpc) is 3.32. The zero-order valence-electron chi connectivity index (χ0n) is 16.8. The molecule has 3 rings (SSSR count). The van der Waals surface area contributed by atoms with E-state index in [-0.39, 0.29) is 10.5 Å². The van der Waals surface area contributed by atoms with Crippen molar-refractivity contribution >= 4 is 32.8 Å². The zero-order valence-corrected chi connectivity index (χ0v) is 17.6. The highest BCUT2D eigenvalue weighted by atomic mass is 32.2. The highest BCUT2D eigenvalue weighted by Crippen LogP contribution is 2.30. The molecule has 158 valence electrons. The van der Waals surface area contributed by atoms with E-state index in [9.17, 15) is 13.2 Å². The van der Waals surface area contributed by atoms with E-state index in [2.05, 4.69) is 30.9 Å². The number of aromatic carboxylic acids is 1. The fourth-order valence-corrected chi connectivity index (χ4v) is 3.44. The number of nitrogens with two attached hydrogens (primary N) is 1. The summed E-state index contributed by atoms with van der Waals surface area (Å²) >= 11 is 0. The molecule has 2 bridgehead atoms. The van der Waals surface area contributed by atoms with Crippen molar-refractivity contribution in [1.29, 1.82) is 0 Å². The number of nitrogens with zero attached hydrogens (tertiary/aromatic N) is 1. The van der Waals surface area contributed by atoms with Gasteiger partial charge in [0.15, 0.2) is 5.58 Å². The number of benzene rings is 2. The van der Waals surface area contributed by atoms with Gasteiger partial charge in [0, 0.05) is 19.2 Å². The van der Waals surface area contributed by atoms with Crippen LogP contribution in [-0.2, 0) is 10.0 Å². The lowest BCUT2D eigenvalue weighted by Crippen LogP contribution is -2.25. The number of rotatable bonds is 9. The Morgan fingerprint density at radius 1 is 1.07 bits per heavy atom. The summed E-state index contributed by atoms with van der Waals surface area (Å²) in [5.74, 6) is -1.19. The van der Waals surface area contributed by atoms with Crippen molar-refractivity contribution in [1.82, 2.24) is 0 Å². The molecule has 0 saturated heterocycles. The van der Waals surface area contributed by atoms with Gasteiger partial charge >= 0.3 is 5.97 Å². The molecular weight excluding hydrogens is 392 g/mol. The third-order valence-electron chi connectivity index (χ3n) is 4.47. The van der Waals surface area contributed by atoms with Crippen molar-refractivity contribution < 1.29 is 22.7 Å². The molecule has 0 saturated carbocycles. The van der Waals surface area contributed by atoms with Crippen LogP contribution in [0.15, 0.2) is 51.8 Å². The number of hydrogen-bond acceptors (Lipinski definition) is 5. The SMILES string of the molecule is CCCCN(CCCC)c1cc2ccc1o2.NS(=O)(=O)c1cccc(C(=O)O)c1. The van der Waals surface area contributed by atoms with Crippen molar-refractivity contribution in [2.45, 2.75) is 44.4 Å². The second-order valence-electron chi connectivity index (χ2n) is 6.80. The number of carboxylic acid groups (broad SMARTS) is 1. The lowest BCUT2D eigenvalue weighted by molar-refractivity contribution is 0.0696.